The summed E-state index contributed by atoms with van der Waals surface area (Å²) in [6.45, 7) is 2.10. The molecule has 0 fully saturated rings. The highest BCUT2D eigenvalue weighted by Crippen LogP contribution is 2.27. The van der Waals surface area contributed by atoms with Crippen LogP contribution in [0, 0.1) is 6.92 Å². The van der Waals surface area contributed by atoms with E-state index in [4.69, 9.17) is 14.4 Å². The van der Waals surface area contributed by atoms with Crippen LogP contribution in [0.2, 0.25) is 0 Å². The summed E-state index contributed by atoms with van der Waals surface area (Å²) >= 11 is 1.72. The lowest BCUT2D eigenvalue weighted by Crippen LogP contribution is -2.25. The highest BCUT2D eigenvalue weighted by Gasteiger charge is 2.14. The topological polar surface area (TPSA) is 70.2 Å². The summed E-state index contributed by atoms with van der Waals surface area (Å²) in [5, 5.41) is 10.3. The lowest BCUT2D eigenvalue weighted by atomic mass is 10.0. The first-order chi connectivity index (χ1) is 17.6. The van der Waals surface area contributed by atoms with E-state index in [1.54, 1.807) is 18.9 Å². The third-order valence-electron chi connectivity index (χ3n) is 6.02. The van der Waals surface area contributed by atoms with Crippen LogP contribution in [0.3, 0.4) is 0 Å². The van der Waals surface area contributed by atoms with Gasteiger partial charge in [-0.05, 0) is 55.2 Å². The van der Waals surface area contributed by atoms with Crippen molar-refractivity contribution in [3.8, 4) is 5.75 Å². The van der Waals surface area contributed by atoms with E-state index in [2.05, 4.69) is 29.4 Å². The van der Waals surface area contributed by atoms with Gasteiger partial charge in [-0.25, -0.2) is 4.68 Å². The minimum absolute atomic E-state index is 0.133. The van der Waals surface area contributed by atoms with Crippen LogP contribution in [0.15, 0.2) is 93.1 Å². The number of rotatable bonds is 9. The summed E-state index contributed by atoms with van der Waals surface area (Å²) in [6, 6.07) is 26.3. The van der Waals surface area contributed by atoms with Gasteiger partial charge in [-0.2, -0.15) is 5.10 Å². The van der Waals surface area contributed by atoms with E-state index in [-0.39, 0.29) is 12.1 Å². The lowest BCUT2D eigenvalue weighted by Gasteiger charge is -2.12. The molecule has 0 saturated heterocycles. The molecular formula is C29H27N3O3S. The van der Waals surface area contributed by atoms with Gasteiger partial charge in [0.05, 0.1) is 23.9 Å². The highest BCUT2D eigenvalue weighted by molar-refractivity contribution is 7.98. The molecule has 0 saturated carbocycles. The van der Waals surface area contributed by atoms with E-state index in [0.29, 0.717) is 17.6 Å². The Morgan fingerprint density at radius 3 is 2.53 bits per heavy atom. The van der Waals surface area contributed by atoms with Crippen molar-refractivity contribution in [2.24, 2.45) is 0 Å². The second kappa shape index (κ2) is 10.8. The number of methoxy groups -OCH3 is 1. The molecule has 7 heteroatoms. The Balaban J connectivity index is 1.49. The smallest absolute Gasteiger partial charge is 0.275 e. The zero-order chi connectivity index (χ0) is 24.9. The number of nitrogens with zero attached hydrogens (tertiary/aromatic N) is 3. The Hall–Kier alpha value is -3.84. The van der Waals surface area contributed by atoms with Crippen LogP contribution in [0.25, 0.3) is 10.8 Å². The molecule has 3 aromatic carbocycles. The van der Waals surface area contributed by atoms with Crippen molar-refractivity contribution >= 4 is 22.5 Å². The SMILES string of the molecule is COc1cccc(CCc2nn(Cc3cc(C)no3)c(=O)c3cc(SCc4ccccc4)ccc23)c1. The second-order valence-corrected chi connectivity index (χ2v) is 9.73. The predicted molar refractivity (Wildman–Crippen MR) is 143 cm³/mol. The first-order valence-corrected chi connectivity index (χ1v) is 12.8. The van der Waals surface area contributed by atoms with Crippen molar-refractivity contribution < 1.29 is 9.26 Å². The monoisotopic (exact) mass is 497 g/mol. The second-order valence-electron chi connectivity index (χ2n) is 8.68. The van der Waals surface area contributed by atoms with Gasteiger partial charge in [-0.1, -0.05) is 53.7 Å². The molecule has 2 aromatic heterocycles. The largest absolute Gasteiger partial charge is 0.497 e. The van der Waals surface area contributed by atoms with Crippen LogP contribution >= 0.6 is 11.8 Å². The summed E-state index contributed by atoms with van der Waals surface area (Å²) < 4.78 is 12.2. The van der Waals surface area contributed by atoms with Crippen molar-refractivity contribution in [2.45, 2.75) is 37.0 Å². The molecule has 6 nitrogen and oxygen atoms in total. The first kappa shape index (κ1) is 23.9. The average Bonchev–Trinajstić information content (AvgIpc) is 3.33. The van der Waals surface area contributed by atoms with Gasteiger partial charge in [0.1, 0.15) is 12.3 Å². The number of ether oxygens (including phenoxy) is 1. The number of thioether (sulfide) groups is 1. The van der Waals surface area contributed by atoms with Crippen LogP contribution in [0.1, 0.15) is 28.3 Å². The molecule has 0 bridgehead atoms. The van der Waals surface area contributed by atoms with Gasteiger partial charge in [0, 0.05) is 22.1 Å². The van der Waals surface area contributed by atoms with Crippen molar-refractivity contribution in [3.63, 3.8) is 0 Å². The average molecular weight is 498 g/mol. The Bertz CT molecular complexity index is 1540. The molecule has 0 aliphatic carbocycles. The molecule has 0 amide bonds. The van der Waals surface area contributed by atoms with E-state index in [0.717, 1.165) is 45.2 Å². The first-order valence-electron chi connectivity index (χ1n) is 11.8. The molecule has 0 N–H and O–H groups in total. The quantitative estimate of drug-likeness (QED) is 0.239. The molecule has 5 aromatic rings. The van der Waals surface area contributed by atoms with E-state index in [1.807, 2.05) is 61.5 Å². The molecule has 0 aliphatic heterocycles. The molecule has 0 unspecified atom stereocenters. The molecule has 2 heterocycles. The third kappa shape index (κ3) is 5.52. The van der Waals surface area contributed by atoms with Gasteiger partial charge < -0.3 is 9.26 Å². The Labute approximate surface area is 213 Å². The van der Waals surface area contributed by atoms with E-state index in [9.17, 15) is 4.79 Å². The lowest BCUT2D eigenvalue weighted by molar-refractivity contribution is 0.365. The van der Waals surface area contributed by atoms with E-state index >= 15 is 0 Å². The third-order valence-corrected chi connectivity index (χ3v) is 7.09. The Morgan fingerprint density at radius 2 is 1.75 bits per heavy atom. The summed E-state index contributed by atoms with van der Waals surface area (Å²) in [5.74, 6) is 2.27. The minimum Gasteiger partial charge on any atom is -0.497 e. The van der Waals surface area contributed by atoms with Crippen molar-refractivity contribution in [1.82, 2.24) is 14.9 Å². The van der Waals surface area contributed by atoms with Crippen molar-refractivity contribution in [2.75, 3.05) is 7.11 Å². The summed E-state index contributed by atoms with van der Waals surface area (Å²) in [4.78, 5) is 14.5. The predicted octanol–water partition coefficient (Wildman–Crippen LogP) is 5.83. The van der Waals surface area contributed by atoms with Gasteiger partial charge in [-0.3, -0.25) is 4.79 Å². The highest BCUT2D eigenvalue weighted by atomic mass is 32.2. The maximum absolute atomic E-state index is 13.5. The Kier molecular flexibility index (Phi) is 7.18. The maximum Gasteiger partial charge on any atom is 0.275 e. The Morgan fingerprint density at radius 1 is 0.917 bits per heavy atom. The molecular weight excluding hydrogens is 470 g/mol. The molecule has 0 spiro atoms. The minimum atomic E-state index is -0.133. The number of benzene rings is 3. The van der Waals surface area contributed by atoms with Crippen LogP contribution in [-0.2, 0) is 25.1 Å². The van der Waals surface area contributed by atoms with Gasteiger partial charge in [-0.15, -0.1) is 11.8 Å². The summed E-state index contributed by atoms with van der Waals surface area (Å²) in [7, 11) is 1.67. The molecule has 0 aliphatic rings. The molecule has 0 radical (unpaired) electrons. The fraction of sp³-hybridized carbons (Fsp3) is 0.207. The summed E-state index contributed by atoms with van der Waals surface area (Å²) in [5.41, 5.74) is 3.92. The number of fused-ring (bicyclic) bond motifs is 1. The van der Waals surface area contributed by atoms with Crippen molar-refractivity contribution in [3.05, 3.63) is 117 Å². The van der Waals surface area contributed by atoms with Crippen LogP contribution in [0.5, 0.6) is 5.75 Å². The fourth-order valence-electron chi connectivity index (χ4n) is 4.19. The molecule has 5 rings (SSSR count). The number of aryl methyl sites for hydroxylation is 3. The van der Waals surface area contributed by atoms with Crippen molar-refractivity contribution in [1.29, 1.82) is 0 Å². The zero-order valence-electron chi connectivity index (χ0n) is 20.3. The molecule has 0 atom stereocenters. The molecule has 36 heavy (non-hydrogen) atoms. The van der Waals surface area contributed by atoms with E-state index < -0.39 is 0 Å². The van der Waals surface area contributed by atoms with Gasteiger partial charge in [0.25, 0.3) is 5.56 Å². The standard InChI is InChI=1S/C29H27N3O3S/c1-20-15-24(35-31-20)18-32-29(33)27-17-25(36-19-22-7-4-3-5-8-22)12-13-26(27)28(30-32)14-11-21-9-6-10-23(16-21)34-2/h3-10,12-13,15-17H,11,14,18-19H2,1-2H3. The number of hydrogen-bond acceptors (Lipinski definition) is 6. The maximum atomic E-state index is 13.5. The van der Waals surface area contributed by atoms with E-state index in [1.165, 1.54) is 10.2 Å². The van der Waals surface area contributed by atoms with Gasteiger partial charge >= 0.3 is 0 Å². The number of aromatic nitrogens is 3. The number of hydrogen-bond donors (Lipinski definition) is 0. The van der Waals surface area contributed by atoms with Gasteiger partial charge in [0.15, 0.2) is 5.76 Å². The summed E-state index contributed by atoms with van der Waals surface area (Å²) in [6.07, 6.45) is 1.47. The molecule has 182 valence electrons. The van der Waals surface area contributed by atoms with Crippen LogP contribution in [-0.4, -0.2) is 22.0 Å². The normalized spacial score (nSPS) is 11.2. The van der Waals surface area contributed by atoms with Crippen LogP contribution in [0.4, 0.5) is 0 Å². The zero-order valence-corrected chi connectivity index (χ0v) is 21.1. The fourth-order valence-corrected chi connectivity index (χ4v) is 5.08. The van der Waals surface area contributed by atoms with Gasteiger partial charge in [0.2, 0.25) is 0 Å². The van der Waals surface area contributed by atoms with Crippen LogP contribution < -0.4 is 10.3 Å².